The monoisotopic (exact) mass is 382 g/mol. The van der Waals surface area contributed by atoms with Gasteiger partial charge in [0.15, 0.2) is 0 Å². The second kappa shape index (κ2) is 8.35. The Morgan fingerprint density at radius 3 is 2.64 bits per heavy atom. The number of aliphatic hydroxyl groups is 1. The van der Waals surface area contributed by atoms with E-state index >= 15 is 0 Å². The van der Waals surface area contributed by atoms with E-state index in [9.17, 15) is 14.0 Å². The number of amides is 1. The molecule has 1 heterocycles. The van der Waals surface area contributed by atoms with Gasteiger partial charge in [0.05, 0.1) is 17.6 Å². The number of aromatic amines is 1. The van der Waals surface area contributed by atoms with Gasteiger partial charge >= 0.3 is 0 Å². The topological polar surface area (TPSA) is 73.4 Å². The third-order valence-electron chi connectivity index (χ3n) is 4.71. The van der Waals surface area contributed by atoms with Crippen molar-refractivity contribution in [2.24, 2.45) is 0 Å². The average Bonchev–Trinajstić information content (AvgIpc) is 2.66. The van der Waals surface area contributed by atoms with E-state index in [4.69, 9.17) is 5.11 Å². The van der Waals surface area contributed by atoms with Crippen molar-refractivity contribution in [2.45, 2.75) is 26.8 Å². The fraction of sp³-hybridized carbons (Fsp3) is 0.273. The number of halogens is 1. The summed E-state index contributed by atoms with van der Waals surface area (Å²) in [7, 11) is 0. The Bertz CT molecular complexity index is 1080. The Kier molecular flexibility index (Phi) is 5.90. The molecule has 0 saturated carbocycles. The third kappa shape index (κ3) is 4.12. The molecule has 2 aromatic carbocycles. The molecule has 0 saturated heterocycles. The van der Waals surface area contributed by atoms with Crippen LogP contribution >= 0.6 is 0 Å². The number of carbonyl (C=O) groups is 1. The lowest BCUT2D eigenvalue weighted by molar-refractivity contribution is 0.0726. The van der Waals surface area contributed by atoms with Gasteiger partial charge in [0.1, 0.15) is 5.82 Å². The van der Waals surface area contributed by atoms with Crippen LogP contribution in [0.1, 0.15) is 33.5 Å². The van der Waals surface area contributed by atoms with Crippen molar-refractivity contribution in [1.29, 1.82) is 0 Å². The standard InChI is InChI=1S/C22H23FN2O3/c1-14-10-15(2)20-16(11-14)12-17(21(27)24-20)13-25(8-5-9-26)22(28)18-6-3-4-7-19(18)23/h3-4,6-7,10-12,26H,5,8-9,13H2,1-2H3,(H,24,27). The minimum Gasteiger partial charge on any atom is -0.396 e. The normalized spacial score (nSPS) is 11.0. The molecule has 6 heteroatoms. The molecule has 3 rings (SSSR count). The number of hydrogen-bond acceptors (Lipinski definition) is 3. The van der Waals surface area contributed by atoms with Crippen LogP contribution in [0.4, 0.5) is 4.39 Å². The Morgan fingerprint density at radius 1 is 1.18 bits per heavy atom. The molecule has 0 fully saturated rings. The van der Waals surface area contributed by atoms with Crippen LogP contribution in [-0.4, -0.2) is 34.0 Å². The molecular formula is C22H23FN2O3. The van der Waals surface area contributed by atoms with Gasteiger partial charge < -0.3 is 15.0 Å². The van der Waals surface area contributed by atoms with Gasteiger partial charge in [-0.25, -0.2) is 4.39 Å². The lowest BCUT2D eigenvalue weighted by Crippen LogP contribution is -2.34. The Hall–Kier alpha value is -2.99. The van der Waals surface area contributed by atoms with E-state index in [1.807, 2.05) is 26.0 Å². The first-order valence-electron chi connectivity index (χ1n) is 9.18. The zero-order chi connectivity index (χ0) is 20.3. The maximum atomic E-state index is 14.1. The molecule has 146 valence electrons. The largest absolute Gasteiger partial charge is 0.396 e. The Balaban J connectivity index is 1.99. The molecule has 0 atom stereocenters. The molecule has 0 unspecified atom stereocenters. The highest BCUT2D eigenvalue weighted by Gasteiger charge is 2.20. The number of aryl methyl sites for hydroxylation is 2. The molecule has 1 amide bonds. The summed E-state index contributed by atoms with van der Waals surface area (Å²) in [6.45, 7) is 4.06. The first-order valence-corrected chi connectivity index (χ1v) is 9.18. The van der Waals surface area contributed by atoms with Crippen LogP contribution in [0.15, 0.2) is 47.3 Å². The summed E-state index contributed by atoms with van der Waals surface area (Å²) in [5.74, 6) is -1.12. The van der Waals surface area contributed by atoms with Crippen molar-refractivity contribution in [1.82, 2.24) is 9.88 Å². The molecule has 28 heavy (non-hydrogen) atoms. The fourth-order valence-corrected chi connectivity index (χ4v) is 3.37. The molecule has 0 radical (unpaired) electrons. The Morgan fingerprint density at radius 2 is 1.93 bits per heavy atom. The maximum absolute atomic E-state index is 14.1. The lowest BCUT2D eigenvalue weighted by Gasteiger charge is -2.23. The number of pyridine rings is 1. The fourth-order valence-electron chi connectivity index (χ4n) is 3.37. The SMILES string of the molecule is Cc1cc(C)c2[nH]c(=O)c(CN(CCCO)C(=O)c3ccccc3F)cc2c1. The number of aliphatic hydroxyl groups excluding tert-OH is 1. The van der Waals surface area contributed by atoms with E-state index in [0.717, 1.165) is 22.0 Å². The lowest BCUT2D eigenvalue weighted by atomic mass is 10.0. The second-order valence-corrected chi connectivity index (χ2v) is 6.95. The van der Waals surface area contributed by atoms with Gasteiger partial charge in [-0.15, -0.1) is 0 Å². The number of nitrogens with one attached hydrogen (secondary N) is 1. The maximum Gasteiger partial charge on any atom is 0.257 e. The number of carbonyl (C=O) groups excluding carboxylic acids is 1. The molecule has 2 N–H and O–H groups in total. The summed E-state index contributed by atoms with van der Waals surface area (Å²) >= 11 is 0. The van der Waals surface area contributed by atoms with E-state index in [1.165, 1.54) is 23.1 Å². The zero-order valence-corrected chi connectivity index (χ0v) is 16.0. The van der Waals surface area contributed by atoms with Crippen molar-refractivity contribution in [3.63, 3.8) is 0 Å². The molecule has 5 nitrogen and oxygen atoms in total. The first-order chi connectivity index (χ1) is 13.4. The number of aromatic nitrogens is 1. The van der Waals surface area contributed by atoms with Crippen molar-refractivity contribution in [2.75, 3.05) is 13.2 Å². The summed E-state index contributed by atoms with van der Waals surface area (Å²) in [5, 5.41) is 10.0. The zero-order valence-electron chi connectivity index (χ0n) is 16.0. The molecular weight excluding hydrogens is 359 g/mol. The van der Waals surface area contributed by atoms with Crippen LogP contribution in [0, 0.1) is 19.7 Å². The van der Waals surface area contributed by atoms with Gasteiger partial charge in [0, 0.05) is 18.7 Å². The molecule has 0 spiro atoms. The summed E-state index contributed by atoms with van der Waals surface area (Å²) < 4.78 is 14.1. The van der Waals surface area contributed by atoms with Crippen LogP contribution < -0.4 is 5.56 Å². The number of H-pyrrole nitrogens is 1. The van der Waals surface area contributed by atoms with Crippen LogP contribution in [0.3, 0.4) is 0 Å². The number of benzene rings is 2. The molecule has 0 aliphatic rings. The highest BCUT2D eigenvalue weighted by atomic mass is 19.1. The summed E-state index contributed by atoms with van der Waals surface area (Å²) in [5.41, 5.74) is 2.89. The average molecular weight is 382 g/mol. The number of fused-ring (bicyclic) bond motifs is 1. The molecule has 0 aliphatic heterocycles. The van der Waals surface area contributed by atoms with E-state index in [-0.39, 0.29) is 30.8 Å². The molecule has 1 aromatic heterocycles. The van der Waals surface area contributed by atoms with E-state index < -0.39 is 11.7 Å². The van der Waals surface area contributed by atoms with Crippen molar-refractivity contribution in [3.8, 4) is 0 Å². The number of hydrogen-bond donors (Lipinski definition) is 2. The minimum absolute atomic E-state index is 0.0332. The van der Waals surface area contributed by atoms with Gasteiger partial charge in [-0.05, 0) is 55.5 Å². The summed E-state index contributed by atoms with van der Waals surface area (Å²) in [6.07, 6.45) is 0.337. The van der Waals surface area contributed by atoms with E-state index in [2.05, 4.69) is 4.98 Å². The molecule has 0 bridgehead atoms. The second-order valence-electron chi connectivity index (χ2n) is 6.95. The highest BCUT2D eigenvalue weighted by molar-refractivity contribution is 5.94. The predicted molar refractivity (Wildman–Crippen MR) is 107 cm³/mol. The van der Waals surface area contributed by atoms with E-state index in [1.54, 1.807) is 12.1 Å². The first kappa shape index (κ1) is 19.8. The molecule has 0 aliphatic carbocycles. The summed E-state index contributed by atoms with van der Waals surface area (Å²) in [4.78, 5) is 29.7. The number of nitrogens with zero attached hydrogens (tertiary/aromatic N) is 1. The van der Waals surface area contributed by atoms with Gasteiger partial charge in [0.25, 0.3) is 11.5 Å². The van der Waals surface area contributed by atoms with Gasteiger partial charge in [0.2, 0.25) is 0 Å². The quantitative estimate of drug-likeness (QED) is 0.687. The smallest absolute Gasteiger partial charge is 0.257 e. The van der Waals surface area contributed by atoms with Crippen molar-refractivity contribution in [3.05, 3.63) is 80.9 Å². The van der Waals surface area contributed by atoms with Crippen LogP contribution in [0.2, 0.25) is 0 Å². The number of rotatable bonds is 6. The Labute approximate surface area is 162 Å². The molecule has 3 aromatic rings. The van der Waals surface area contributed by atoms with Crippen molar-refractivity contribution >= 4 is 16.8 Å². The van der Waals surface area contributed by atoms with Crippen LogP contribution in [0.5, 0.6) is 0 Å². The summed E-state index contributed by atoms with van der Waals surface area (Å²) in [6, 6.07) is 11.5. The van der Waals surface area contributed by atoms with Gasteiger partial charge in [-0.1, -0.05) is 23.8 Å². The van der Waals surface area contributed by atoms with Crippen LogP contribution in [-0.2, 0) is 6.54 Å². The van der Waals surface area contributed by atoms with Crippen LogP contribution in [0.25, 0.3) is 10.9 Å². The van der Waals surface area contributed by atoms with Gasteiger partial charge in [-0.2, -0.15) is 0 Å². The highest BCUT2D eigenvalue weighted by Crippen LogP contribution is 2.19. The van der Waals surface area contributed by atoms with E-state index in [0.29, 0.717) is 12.0 Å². The third-order valence-corrected chi connectivity index (χ3v) is 4.71. The van der Waals surface area contributed by atoms with Gasteiger partial charge in [-0.3, -0.25) is 9.59 Å². The van der Waals surface area contributed by atoms with Crippen molar-refractivity contribution < 1.29 is 14.3 Å². The minimum atomic E-state index is -0.611. The predicted octanol–water partition coefficient (Wildman–Crippen LogP) is 3.31.